The van der Waals surface area contributed by atoms with Gasteiger partial charge in [0, 0.05) is 57.4 Å². The van der Waals surface area contributed by atoms with Crippen molar-refractivity contribution in [3.05, 3.63) is 93.4 Å². The Morgan fingerprint density at radius 1 is 0.877 bits per heavy atom. The second-order valence-corrected chi connectivity index (χ2v) is 19.3. The SMILES string of the molecule is C=CC1=C(C=O)c2cc3[nH]c(c4c5[nH]c(cc6nc(cc1n2)C(C)=C6CC)c(C)c5C(O)=C4C(=O)OC)[C@@H](CCC(=O)OC/C=C(\C)CCC[C@H](C)CCC[C@H](C)CCCC(C)C)[C@@H]3C. The molecule has 0 radical (unpaired) electrons. The largest absolute Gasteiger partial charge is 0.506 e. The molecule has 3 N–H and O–H groups in total. The van der Waals surface area contributed by atoms with E-state index in [1.54, 1.807) is 6.08 Å². The van der Waals surface area contributed by atoms with Crippen LogP contribution in [0.25, 0.3) is 44.7 Å². The van der Waals surface area contributed by atoms with Crippen LogP contribution in [0.1, 0.15) is 195 Å². The smallest absolute Gasteiger partial charge is 0.342 e. The first-order valence-electron chi connectivity index (χ1n) is 24.0. The van der Waals surface area contributed by atoms with Crippen LogP contribution in [0.15, 0.2) is 42.5 Å². The maximum Gasteiger partial charge on any atom is 0.342 e. The molecule has 10 heteroatoms. The van der Waals surface area contributed by atoms with Crippen molar-refractivity contribution in [2.75, 3.05) is 13.7 Å². The molecule has 0 aromatic carbocycles. The Bertz CT molecular complexity index is 2510. The van der Waals surface area contributed by atoms with Crippen LogP contribution in [0, 0.1) is 24.7 Å². The standard InChI is InChI=1S/C55H72N4O6/c1-12-38-35(8)42-27-46-39(13-2)41(30-60)47(57-46)28-43-36(9)40(52(58-43)50-51(55(63)64-11)54(62)49-37(10)44(59-53(49)50)29-45(38)56-42)23-24-48(61)65-26-25-34(7)22-16-21-33(6)20-15-19-32(5)18-14-17-31(3)4/h13,25,27-33,36,40,58-59,62H,2,12,14-24,26H2,1,3-11H3/b34-25+,43-28?,45-29?,46-27?,52-50?/t32-,33-,36+,40+/m1/s1. The molecule has 3 aliphatic heterocycles. The van der Waals surface area contributed by atoms with E-state index in [4.69, 9.17) is 19.4 Å². The maximum absolute atomic E-state index is 13.6. The Hall–Kier alpha value is -5.51. The highest BCUT2D eigenvalue weighted by Gasteiger charge is 2.39. The fourth-order valence-corrected chi connectivity index (χ4v) is 10.1. The van der Waals surface area contributed by atoms with E-state index in [1.807, 2.05) is 45.0 Å². The molecule has 8 bridgehead atoms. The van der Waals surface area contributed by atoms with E-state index in [-0.39, 0.29) is 42.2 Å². The topological polar surface area (TPSA) is 147 Å². The van der Waals surface area contributed by atoms with Gasteiger partial charge in [-0.3, -0.25) is 9.59 Å². The summed E-state index contributed by atoms with van der Waals surface area (Å²) < 4.78 is 11.1. The molecule has 10 nitrogen and oxygen atoms in total. The van der Waals surface area contributed by atoms with Crippen LogP contribution in [0.3, 0.4) is 0 Å². The normalized spacial score (nSPS) is 17.5. The van der Waals surface area contributed by atoms with Crippen LogP contribution in [0.5, 0.6) is 0 Å². The number of aldehydes is 1. The summed E-state index contributed by atoms with van der Waals surface area (Å²) in [5, 5.41) is 11.9. The zero-order valence-corrected chi connectivity index (χ0v) is 40.6. The van der Waals surface area contributed by atoms with Crippen LogP contribution in [-0.2, 0) is 23.9 Å². The van der Waals surface area contributed by atoms with Gasteiger partial charge in [-0.1, -0.05) is 105 Å². The number of aliphatic hydroxyl groups excluding tert-OH is 1. The highest BCUT2D eigenvalue weighted by Crippen LogP contribution is 2.49. The van der Waals surface area contributed by atoms with Crippen molar-refractivity contribution in [2.24, 2.45) is 17.8 Å². The molecule has 5 heterocycles. The van der Waals surface area contributed by atoms with E-state index in [0.29, 0.717) is 57.2 Å². The molecule has 0 saturated carbocycles. The van der Waals surface area contributed by atoms with Gasteiger partial charge in [-0.2, -0.15) is 0 Å². The Morgan fingerprint density at radius 2 is 1.54 bits per heavy atom. The Morgan fingerprint density at radius 3 is 2.18 bits per heavy atom. The van der Waals surface area contributed by atoms with Crippen molar-refractivity contribution >= 4 is 62.9 Å². The molecule has 0 fully saturated rings. The number of hydrogen-bond donors (Lipinski definition) is 3. The third-order valence-electron chi connectivity index (χ3n) is 14.1. The summed E-state index contributed by atoms with van der Waals surface area (Å²) in [6.45, 7) is 23.8. The Kier molecular flexibility index (Phi) is 16.3. The number of rotatable bonds is 21. The predicted octanol–water partition coefficient (Wildman–Crippen LogP) is 13.5. The number of aromatic nitrogens is 4. The molecule has 4 aliphatic rings. The van der Waals surface area contributed by atoms with Crippen LogP contribution in [-0.4, -0.2) is 57.0 Å². The lowest BCUT2D eigenvalue weighted by molar-refractivity contribution is -0.142. The second-order valence-electron chi connectivity index (χ2n) is 19.3. The fraction of sp³-hybridized carbons (Fsp3) is 0.509. The first-order valence-corrected chi connectivity index (χ1v) is 24.0. The number of carbonyl (C=O) groups excluding carboxylic acids is 3. The van der Waals surface area contributed by atoms with Gasteiger partial charge < -0.3 is 24.5 Å². The van der Waals surface area contributed by atoms with Crippen LogP contribution >= 0.6 is 0 Å². The average Bonchev–Trinajstić information content (AvgIpc) is 4.02. The van der Waals surface area contributed by atoms with Crippen LogP contribution < -0.4 is 0 Å². The number of nitrogens with one attached hydrogen (secondary N) is 2. The molecule has 0 saturated heterocycles. The molecule has 0 amide bonds. The summed E-state index contributed by atoms with van der Waals surface area (Å²) in [5.41, 5.74) is 11.3. The molecular formula is C55H72N4O6. The van der Waals surface area contributed by atoms with Crippen molar-refractivity contribution < 1.29 is 29.0 Å². The molecule has 6 rings (SSSR count). The van der Waals surface area contributed by atoms with Gasteiger partial charge in [0.15, 0.2) is 6.29 Å². The van der Waals surface area contributed by atoms with Gasteiger partial charge in [-0.15, -0.1) is 0 Å². The maximum atomic E-state index is 13.6. The molecule has 2 aromatic heterocycles. The molecule has 0 spiro atoms. The number of H-pyrrole nitrogens is 2. The molecule has 65 heavy (non-hydrogen) atoms. The summed E-state index contributed by atoms with van der Waals surface area (Å²) >= 11 is 0. The molecule has 4 atom stereocenters. The number of aromatic amines is 2. The Balaban J connectivity index is 1.25. The van der Waals surface area contributed by atoms with Gasteiger partial charge in [0.25, 0.3) is 0 Å². The first kappa shape index (κ1) is 48.9. The van der Waals surface area contributed by atoms with E-state index in [1.165, 1.54) is 57.6 Å². The Labute approximate surface area is 386 Å². The predicted molar refractivity (Wildman–Crippen MR) is 264 cm³/mol. The quantitative estimate of drug-likeness (QED) is 0.0638. The van der Waals surface area contributed by atoms with Gasteiger partial charge in [0.1, 0.15) is 17.9 Å². The van der Waals surface area contributed by atoms with E-state index in [2.05, 4.69) is 58.1 Å². The highest BCUT2D eigenvalue weighted by molar-refractivity contribution is 6.30. The van der Waals surface area contributed by atoms with E-state index in [9.17, 15) is 19.5 Å². The third-order valence-corrected chi connectivity index (χ3v) is 14.1. The minimum atomic E-state index is -0.684. The summed E-state index contributed by atoms with van der Waals surface area (Å²) in [7, 11) is 1.29. The molecule has 1 aliphatic carbocycles. The summed E-state index contributed by atoms with van der Waals surface area (Å²) in [4.78, 5) is 56.9. The number of nitrogens with zero attached hydrogens (tertiary/aromatic N) is 2. The first-order chi connectivity index (χ1) is 31.1. The fourth-order valence-electron chi connectivity index (χ4n) is 10.1. The zero-order valence-electron chi connectivity index (χ0n) is 40.6. The lowest BCUT2D eigenvalue weighted by Crippen LogP contribution is -2.12. The number of carbonyl (C=O) groups is 3. The number of methoxy groups -OCH3 is 1. The average molecular weight is 885 g/mol. The lowest BCUT2D eigenvalue weighted by atomic mass is 9.85. The van der Waals surface area contributed by atoms with Crippen molar-refractivity contribution in [1.29, 1.82) is 0 Å². The summed E-state index contributed by atoms with van der Waals surface area (Å²) in [5.74, 6) is 0.575. The van der Waals surface area contributed by atoms with Crippen molar-refractivity contribution in [3.8, 4) is 0 Å². The lowest BCUT2D eigenvalue weighted by Gasteiger charge is -2.18. The van der Waals surface area contributed by atoms with Crippen LogP contribution in [0.4, 0.5) is 0 Å². The van der Waals surface area contributed by atoms with E-state index in [0.717, 1.165) is 76.7 Å². The van der Waals surface area contributed by atoms with E-state index < -0.39 is 5.97 Å². The summed E-state index contributed by atoms with van der Waals surface area (Å²) in [6, 6.07) is 5.74. The highest BCUT2D eigenvalue weighted by atomic mass is 16.5. The monoisotopic (exact) mass is 885 g/mol. The van der Waals surface area contributed by atoms with Crippen molar-refractivity contribution in [2.45, 2.75) is 151 Å². The van der Waals surface area contributed by atoms with Crippen LogP contribution in [0.2, 0.25) is 0 Å². The van der Waals surface area contributed by atoms with Gasteiger partial charge in [-0.05, 0) is 105 Å². The van der Waals surface area contributed by atoms with Gasteiger partial charge in [0.2, 0.25) is 0 Å². The number of aliphatic hydroxyl groups is 1. The summed E-state index contributed by atoms with van der Waals surface area (Å²) in [6.07, 6.45) is 16.9. The van der Waals surface area contributed by atoms with Gasteiger partial charge >= 0.3 is 11.9 Å². The minimum Gasteiger partial charge on any atom is -0.506 e. The van der Waals surface area contributed by atoms with Crippen molar-refractivity contribution in [3.63, 3.8) is 0 Å². The van der Waals surface area contributed by atoms with Gasteiger partial charge in [0.05, 0.1) is 35.4 Å². The number of fused-ring (bicyclic) bond motifs is 8. The number of ether oxygens (including phenoxy) is 2. The molecular weight excluding hydrogens is 813 g/mol. The van der Waals surface area contributed by atoms with Crippen molar-refractivity contribution in [1.82, 2.24) is 19.9 Å². The molecule has 2 aromatic rings. The number of aryl methyl sites for hydroxylation is 1. The number of hydrogen-bond acceptors (Lipinski definition) is 8. The number of allylic oxidation sites excluding steroid dienone is 6. The van der Waals surface area contributed by atoms with Gasteiger partial charge in [-0.25, -0.2) is 14.8 Å². The minimum absolute atomic E-state index is 0.0369. The second kappa shape index (κ2) is 21.7. The molecule has 348 valence electrons. The zero-order chi connectivity index (χ0) is 47.1. The molecule has 0 unspecified atom stereocenters. The van der Waals surface area contributed by atoms with E-state index >= 15 is 0 Å². The number of esters is 2. The third kappa shape index (κ3) is 10.8.